The Morgan fingerprint density at radius 3 is 3.00 bits per heavy atom. The summed E-state index contributed by atoms with van der Waals surface area (Å²) in [4.78, 5) is 0. The van der Waals surface area contributed by atoms with Crippen LogP contribution in [0.1, 0.15) is 6.42 Å². The average Bonchev–Trinajstić information content (AvgIpc) is 1.79. The van der Waals surface area contributed by atoms with E-state index in [0.717, 1.165) is 19.6 Å². The molecule has 9 heavy (non-hydrogen) atoms. The van der Waals surface area contributed by atoms with Gasteiger partial charge in [-0.15, -0.1) is 0 Å². The molecule has 0 aromatic heterocycles. The van der Waals surface area contributed by atoms with Crippen LogP contribution < -0.4 is 0 Å². The van der Waals surface area contributed by atoms with Gasteiger partial charge in [0.2, 0.25) is 0 Å². The van der Waals surface area contributed by atoms with Crippen LogP contribution in [0.4, 0.5) is 0 Å². The van der Waals surface area contributed by atoms with E-state index in [9.17, 15) is 0 Å². The molecule has 1 aliphatic heterocycles. The van der Waals surface area contributed by atoms with Gasteiger partial charge in [0.05, 0.1) is 6.61 Å². The standard InChI is InChI=1S/C5H12O3Si/c1-9-7-4-2-3-6-5-8-9/h9H,2-5H2,1H3. The third-order valence-electron chi connectivity index (χ3n) is 1.17. The first-order valence-electron chi connectivity index (χ1n) is 3.20. The molecule has 0 amide bonds. The molecule has 0 radical (unpaired) electrons. The maximum atomic E-state index is 5.32. The van der Waals surface area contributed by atoms with Gasteiger partial charge in [0.1, 0.15) is 6.79 Å². The van der Waals surface area contributed by atoms with Crippen LogP contribution >= 0.6 is 0 Å². The van der Waals surface area contributed by atoms with Crippen molar-refractivity contribution in [2.45, 2.75) is 13.0 Å². The number of rotatable bonds is 0. The Bertz CT molecular complexity index is 70.6. The van der Waals surface area contributed by atoms with E-state index in [2.05, 4.69) is 0 Å². The van der Waals surface area contributed by atoms with Crippen LogP contribution in [0.15, 0.2) is 0 Å². The summed E-state index contributed by atoms with van der Waals surface area (Å²) in [6.45, 7) is 4.00. The second-order valence-electron chi connectivity index (χ2n) is 1.98. The smallest absolute Gasteiger partial charge is 0.320 e. The van der Waals surface area contributed by atoms with Crippen molar-refractivity contribution in [2.24, 2.45) is 0 Å². The summed E-state index contributed by atoms with van der Waals surface area (Å²) in [5.74, 6) is 0. The molecule has 1 fully saturated rings. The van der Waals surface area contributed by atoms with Gasteiger partial charge < -0.3 is 13.6 Å². The Kier molecular flexibility index (Phi) is 3.20. The van der Waals surface area contributed by atoms with Crippen LogP contribution in [-0.4, -0.2) is 29.3 Å². The van der Waals surface area contributed by atoms with E-state index in [1.807, 2.05) is 6.55 Å². The molecule has 0 spiro atoms. The van der Waals surface area contributed by atoms with Gasteiger partial charge >= 0.3 is 9.28 Å². The fourth-order valence-electron chi connectivity index (χ4n) is 0.661. The van der Waals surface area contributed by atoms with Crippen LogP contribution in [0.2, 0.25) is 6.55 Å². The van der Waals surface area contributed by atoms with Crippen LogP contribution in [0.25, 0.3) is 0 Å². The van der Waals surface area contributed by atoms with Gasteiger partial charge in [0, 0.05) is 6.61 Å². The summed E-state index contributed by atoms with van der Waals surface area (Å²) < 4.78 is 15.6. The molecule has 0 bridgehead atoms. The molecular formula is C5H12O3Si. The Balaban J connectivity index is 2.12. The van der Waals surface area contributed by atoms with E-state index in [0.29, 0.717) is 6.79 Å². The predicted octanol–water partition coefficient (Wildman–Crippen LogP) is 0.248. The molecule has 1 rings (SSSR count). The Hall–Kier alpha value is 0.0969. The molecule has 4 heteroatoms. The summed E-state index contributed by atoms with van der Waals surface area (Å²) in [6.07, 6.45) is 1.00. The van der Waals surface area contributed by atoms with Crippen LogP contribution in [0, 0.1) is 0 Å². The van der Waals surface area contributed by atoms with Crippen molar-refractivity contribution in [3.63, 3.8) is 0 Å². The average molecular weight is 148 g/mol. The first kappa shape index (κ1) is 7.21. The van der Waals surface area contributed by atoms with E-state index in [4.69, 9.17) is 13.6 Å². The summed E-state index contributed by atoms with van der Waals surface area (Å²) >= 11 is 0. The minimum Gasteiger partial charge on any atom is -0.397 e. The van der Waals surface area contributed by atoms with Gasteiger partial charge in [0.25, 0.3) is 0 Å². The number of hydrogen-bond acceptors (Lipinski definition) is 3. The molecule has 0 saturated carbocycles. The van der Waals surface area contributed by atoms with Gasteiger partial charge in [-0.3, -0.25) is 0 Å². The second kappa shape index (κ2) is 4.00. The lowest BCUT2D eigenvalue weighted by atomic mass is 10.5. The highest BCUT2D eigenvalue weighted by Crippen LogP contribution is 1.96. The molecule has 0 aromatic carbocycles. The molecule has 0 aromatic rings. The monoisotopic (exact) mass is 148 g/mol. The third-order valence-corrected chi connectivity index (χ3v) is 2.48. The van der Waals surface area contributed by atoms with Crippen molar-refractivity contribution in [2.75, 3.05) is 20.0 Å². The lowest BCUT2D eigenvalue weighted by molar-refractivity contribution is -0.0215. The molecule has 54 valence electrons. The van der Waals surface area contributed by atoms with E-state index in [-0.39, 0.29) is 0 Å². The topological polar surface area (TPSA) is 27.7 Å². The molecule has 1 saturated heterocycles. The van der Waals surface area contributed by atoms with Crippen molar-refractivity contribution in [3.05, 3.63) is 0 Å². The first-order valence-corrected chi connectivity index (χ1v) is 5.30. The van der Waals surface area contributed by atoms with Crippen molar-refractivity contribution in [1.29, 1.82) is 0 Å². The highest BCUT2D eigenvalue weighted by Gasteiger charge is 2.07. The molecule has 1 heterocycles. The zero-order chi connectivity index (χ0) is 6.53. The van der Waals surface area contributed by atoms with Gasteiger partial charge in [-0.2, -0.15) is 0 Å². The molecule has 1 atom stereocenters. The van der Waals surface area contributed by atoms with E-state index >= 15 is 0 Å². The zero-order valence-corrected chi connectivity index (χ0v) is 6.79. The second-order valence-corrected chi connectivity index (χ2v) is 3.79. The minimum absolute atomic E-state index is 0.424. The Morgan fingerprint density at radius 2 is 2.11 bits per heavy atom. The van der Waals surface area contributed by atoms with Gasteiger partial charge in [-0.1, -0.05) is 0 Å². The molecule has 0 N–H and O–H groups in total. The van der Waals surface area contributed by atoms with E-state index < -0.39 is 9.28 Å². The SMILES string of the molecule is C[SiH]1OCCCOCO1. The zero-order valence-electron chi connectivity index (χ0n) is 5.63. The summed E-state index contributed by atoms with van der Waals surface area (Å²) in [5, 5.41) is 0. The summed E-state index contributed by atoms with van der Waals surface area (Å²) in [6, 6.07) is 0. The number of ether oxygens (including phenoxy) is 1. The predicted molar refractivity (Wildman–Crippen MR) is 35.5 cm³/mol. The highest BCUT2D eigenvalue weighted by atomic mass is 28.3. The van der Waals surface area contributed by atoms with Crippen LogP contribution in [0.5, 0.6) is 0 Å². The van der Waals surface area contributed by atoms with Crippen molar-refractivity contribution in [3.8, 4) is 0 Å². The van der Waals surface area contributed by atoms with Gasteiger partial charge in [-0.05, 0) is 13.0 Å². The highest BCUT2D eigenvalue weighted by molar-refractivity contribution is 6.42. The maximum absolute atomic E-state index is 5.32. The Morgan fingerprint density at radius 1 is 1.22 bits per heavy atom. The fourth-order valence-corrected chi connectivity index (χ4v) is 1.54. The lowest BCUT2D eigenvalue weighted by Gasteiger charge is -2.15. The summed E-state index contributed by atoms with van der Waals surface area (Å²) in [5.41, 5.74) is 0. The van der Waals surface area contributed by atoms with Crippen molar-refractivity contribution < 1.29 is 13.6 Å². The molecule has 1 aliphatic rings. The molecule has 1 unspecified atom stereocenters. The van der Waals surface area contributed by atoms with Crippen molar-refractivity contribution in [1.82, 2.24) is 0 Å². The quantitative estimate of drug-likeness (QED) is 0.461. The van der Waals surface area contributed by atoms with Gasteiger partial charge in [-0.25, -0.2) is 0 Å². The molecule has 3 nitrogen and oxygen atoms in total. The van der Waals surface area contributed by atoms with Crippen LogP contribution in [0.3, 0.4) is 0 Å². The number of hydrogen-bond donors (Lipinski definition) is 0. The fraction of sp³-hybridized carbons (Fsp3) is 1.00. The minimum atomic E-state index is -1.29. The molecule has 0 aliphatic carbocycles. The normalized spacial score (nSPS) is 31.0. The van der Waals surface area contributed by atoms with Crippen molar-refractivity contribution >= 4 is 9.28 Å². The largest absolute Gasteiger partial charge is 0.397 e. The van der Waals surface area contributed by atoms with Gasteiger partial charge in [0.15, 0.2) is 0 Å². The van der Waals surface area contributed by atoms with E-state index in [1.54, 1.807) is 0 Å². The summed E-state index contributed by atoms with van der Waals surface area (Å²) in [7, 11) is -1.29. The maximum Gasteiger partial charge on any atom is 0.320 e. The lowest BCUT2D eigenvalue weighted by Crippen LogP contribution is -2.24. The third kappa shape index (κ3) is 2.95. The molecular weight excluding hydrogens is 136 g/mol. The first-order chi connectivity index (χ1) is 4.39. The Labute approximate surface area is 56.8 Å². The van der Waals surface area contributed by atoms with Crippen LogP contribution in [-0.2, 0) is 13.6 Å². The van der Waals surface area contributed by atoms with E-state index in [1.165, 1.54) is 0 Å².